The molecule has 0 bridgehead atoms. The molecule has 2 aromatic rings. The van der Waals surface area contributed by atoms with Gasteiger partial charge in [-0.1, -0.05) is 43.7 Å². The van der Waals surface area contributed by atoms with Gasteiger partial charge in [-0.15, -0.1) is 0 Å². The van der Waals surface area contributed by atoms with Gasteiger partial charge in [-0.2, -0.15) is 0 Å². The minimum absolute atomic E-state index is 0.706. The van der Waals surface area contributed by atoms with Crippen molar-refractivity contribution in [2.24, 2.45) is 0 Å². The molecule has 0 fully saturated rings. The maximum absolute atomic E-state index is 5.45. The lowest BCUT2D eigenvalue weighted by Gasteiger charge is -2.06. The van der Waals surface area contributed by atoms with E-state index in [0.29, 0.717) is 6.61 Å². The van der Waals surface area contributed by atoms with Crippen LogP contribution in [-0.2, 0) is 6.42 Å². The zero-order valence-corrected chi connectivity index (χ0v) is 11.1. The number of ether oxygens (including phenoxy) is 1. The Hall–Kier alpha value is -1.76. The van der Waals surface area contributed by atoms with Crippen molar-refractivity contribution >= 4 is 0 Å². The van der Waals surface area contributed by atoms with Gasteiger partial charge in [-0.05, 0) is 48.2 Å². The van der Waals surface area contributed by atoms with Gasteiger partial charge in [0.1, 0.15) is 5.75 Å². The van der Waals surface area contributed by atoms with Crippen LogP contribution in [0.5, 0.6) is 5.75 Å². The highest BCUT2D eigenvalue weighted by atomic mass is 16.5. The van der Waals surface area contributed by atoms with Crippen molar-refractivity contribution in [2.75, 3.05) is 6.61 Å². The second kappa shape index (κ2) is 6.25. The number of rotatable bonds is 5. The zero-order valence-electron chi connectivity index (χ0n) is 11.1. The lowest BCUT2D eigenvalue weighted by Crippen LogP contribution is -1.91. The van der Waals surface area contributed by atoms with E-state index in [1.165, 1.54) is 17.5 Å². The topological polar surface area (TPSA) is 9.23 Å². The summed E-state index contributed by atoms with van der Waals surface area (Å²) in [7, 11) is 0. The molecule has 0 aliphatic heterocycles. The fraction of sp³-hybridized carbons (Fsp3) is 0.294. The lowest BCUT2D eigenvalue weighted by atomic mass is 10.0. The molecule has 0 spiro atoms. The fourth-order valence-corrected chi connectivity index (χ4v) is 2.02. The number of hydrogen-bond acceptors (Lipinski definition) is 1. The molecule has 0 saturated heterocycles. The fourth-order valence-electron chi connectivity index (χ4n) is 2.02. The molecule has 0 heterocycles. The van der Waals surface area contributed by atoms with Crippen molar-refractivity contribution in [3.05, 3.63) is 54.1 Å². The molecule has 0 amide bonds. The van der Waals surface area contributed by atoms with Gasteiger partial charge in [0.05, 0.1) is 6.61 Å². The zero-order chi connectivity index (χ0) is 12.8. The van der Waals surface area contributed by atoms with Crippen LogP contribution in [-0.4, -0.2) is 6.61 Å². The largest absolute Gasteiger partial charge is 0.494 e. The Labute approximate surface area is 109 Å². The quantitative estimate of drug-likeness (QED) is 0.746. The van der Waals surface area contributed by atoms with Crippen LogP contribution in [0.2, 0.25) is 0 Å². The van der Waals surface area contributed by atoms with Gasteiger partial charge in [-0.25, -0.2) is 0 Å². The average Bonchev–Trinajstić information content (AvgIpc) is 2.41. The van der Waals surface area contributed by atoms with E-state index in [9.17, 15) is 0 Å². The Kier molecular flexibility index (Phi) is 4.40. The van der Waals surface area contributed by atoms with Crippen LogP contribution in [0.1, 0.15) is 25.8 Å². The van der Waals surface area contributed by atoms with Gasteiger partial charge < -0.3 is 4.74 Å². The van der Waals surface area contributed by atoms with E-state index in [1.54, 1.807) is 0 Å². The molecule has 2 rings (SSSR count). The van der Waals surface area contributed by atoms with E-state index in [0.717, 1.165) is 17.7 Å². The first-order chi connectivity index (χ1) is 8.83. The van der Waals surface area contributed by atoms with Gasteiger partial charge in [0.2, 0.25) is 0 Å². The Morgan fingerprint density at radius 3 is 2.50 bits per heavy atom. The van der Waals surface area contributed by atoms with Crippen LogP contribution in [0, 0.1) is 6.07 Å². The number of benzene rings is 2. The molecule has 0 N–H and O–H groups in total. The highest BCUT2D eigenvalue weighted by Crippen LogP contribution is 2.23. The standard InChI is InChI=1S/C17H19O/c1-3-6-14-7-5-8-16(13-14)15-9-11-17(12-10-15)18-4-2/h5,7,9-13H,3-4,6H2,1-2H3. The van der Waals surface area contributed by atoms with Crippen LogP contribution in [0.3, 0.4) is 0 Å². The van der Waals surface area contributed by atoms with Crippen LogP contribution >= 0.6 is 0 Å². The van der Waals surface area contributed by atoms with E-state index in [1.807, 2.05) is 25.1 Å². The molecule has 2 aromatic carbocycles. The first-order valence-corrected chi connectivity index (χ1v) is 6.57. The van der Waals surface area contributed by atoms with E-state index in [-0.39, 0.29) is 0 Å². The SMILES string of the molecule is CCCc1cc[c]c(-c2ccc(OCC)cc2)c1. The summed E-state index contributed by atoms with van der Waals surface area (Å²) in [6, 6.07) is 17.9. The molecule has 0 unspecified atom stereocenters. The molecular formula is C17H19O. The van der Waals surface area contributed by atoms with Gasteiger partial charge in [0.15, 0.2) is 0 Å². The molecule has 0 atom stereocenters. The first kappa shape index (κ1) is 12.7. The van der Waals surface area contributed by atoms with E-state index >= 15 is 0 Å². The third kappa shape index (κ3) is 3.13. The smallest absolute Gasteiger partial charge is 0.119 e. The molecule has 0 saturated carbocycles. The molecule has 1 nitrogen and oxygen atoms in total. The second-order valence-corrected chi connectivity index (χ2v) is 4.32. The third-order valence-corrected chi connectivity index (χ3v) is 2.88. The first-order valence-electron chi connectivity index (χ1n) is 6.57. The summed E-state index contributed by atoms with van der Waals surface area (Å²) in [6.45, 7) is 4.90. The van der Waals surface area contributed by atoms with Crippen LogP contribution in [0.4, 0.5) is 0 Å². The molecule has 1 heteroatoms. The Balaban J connectivity index is 2.22. The summed E-state index contributed by atoms with van der Waals surface area (Å²) in [4.78, 5) is 0. The van der Waals surface area contributed by atoms with Crippen molar-refractivity contribution in [3.8, 4) is 16.9 Å². The molecule has 0 aliphatic carbocycles. The Morgan fingerprint density at radius 2 is 1.83 bits per heavy atom. The minimum Gasteiger partial charge on any atom is -0.494 e. The summed E-state index contributed by atoms with van der Waals surface area (Å²) in [5.41, 5.74) is 3.72. The maximum Gasteiger partial charge on any atom is 0.119 e. The third-order valence-electron chi connectivity index (χ3n) is 2.88. The average molecular weight is 239 g/mol. The van der Waals surface area contributed by atoms with Crippen molar-refractivity contribution in [3.63, 3.8) is 0 Å². The highest BCUT2D eigenvalue weighted by Gasteiger charge is 2.00. The second-order valence-electron chi connectivity index (χ2n) is 4.32. The van der Waals surface area contributed by atoms with E-state index in [2.05, 4.69) is 37.3 Å². The molecule has 18 heavy (non-hydrogen) atoms. The van der Waals surface area contributed by atoms with Crippen molar-refractivity contribution in [2.45, 2.75) is 26.7 Å². The summed E-state index contributed by atoms with van der Waals surface area (Å²) >= 11 is 0. The normalized spacial score (nSPS) is 10.3. The van der Waals surface area contributed by atoms with Gasteiger partial charge in [0.25, 0.3) is 0 Å². The lowest BCUT2D eigenvalue weighted by molar-refractivity contribution is 0.340. The van der Waals surface area contributed by atoms with Gasteiger partial charge >= 0.3 is 0 Å². The summed E-state index contributed by atoms with van der Waals surface area (Å²) in [5.74, 6) is 0.922. The number of hydrogen-bond donors (Lipinski definition) is 0. The number of aryl methyl sites for hydroxylation is 1. The molecule has 1 radical (unpaired) electrons. The summed E-state index contributed by atoms with van der Waals surface area (Å²) < 4.78 is 5.45. The minimum atomic E-state index is 0.706. The van der Waals surface area contributed by atoms with Crippen LogP contribution in [0.15, 0.2) is 42.5 Å². The van der Waals surface area contributed by atoms with E-state index < -0.39 is 0 Å². The van der Waals surface area contributed by atoms with Gasteiger partial charge in [-0.3, -0.25) is 0 Å². The molecule has 0 aromatic heterocycles. The van der Waals surface area contributed by atoms with Crippen molar-refractivity contribution in [1.29, 1.82) is 0 Å². The Bertz CT molecular complexity index is 485. The monoisotopic (exact) mass is 239 g/mol. The maximum atomic E-state index is 5.45. The predicted molar refractivity (Wildman–Crippen MR) is 75.9 cm³/mol. The Morgan fingerprint density at radius 1 is 1.06 bits per heavy atom. The highest BCUT2D eigenvalue weighted by molar-refractivity contribution is 5.64. The van der Waals surface area contributed by atoms with E-state index in [4.69, 9.17) is 4.74 Å². The van der Waals surface area contributed by atoms with Crippen molar-refractivity contribution in [1.82, 2.24) is 0 Å². The summed E-state index contributed by atoms with van der Waals surface area (Å²) in [6.07, 6.45) is 2.30. The molecule has 93 valence electrons. The molecular weight excluding hydrogens is 220 g/mol. The van der Waals surface area contributed by atoms with Crippen LogP contribution < -0.4 is 4.74 Å². The predicted octanol–water partition coefficient (Wildman–Crippen LogP) is 4.50. The summed E-state index contributed by atoms with van der Waals surface area (Å²) in [5, 5.41) is 0. The molecule has 0 aliphatic rings. The van der Waals surface area contributed by atoms with Gasteiger partial charge in [0, 0.05) is 0 Å². The van der Waals surface area contributed by atoms with Crippen molar-refractivity contribution < 1.29 is 4.74 Å². The van der Waals surface area contributed by atoms with Crippen LogP contribution in [0.25, 0.3) is 11.1 Å².